The molecule has 1 saturated heterocycles. The molecule has 0 unspecified atom stereocenters. The van der Waals surface area contributed by atoms with Crippen molar-refractivity contribution >= 4 is 5.91 Å². The summed E-state index contributed by atoms with van der Waals surface area (Å²) in [4.78, 5) is 13.8. The minimum absolute atomic E-state index is 0.0342. The summed E-state index contributed by atoms with van der Waals surface area (Å²) >= 11 is 0. The Morgan fingerprint density at radius 1 is 1.50 bits per heavy atom. The van der Waals surface area contributed by atoms with Crippen molar-refractivity contribution in [1.29, 1.82) is 0 Å². The molecule has 1 heterocycles. The molecule has 4 nitrogen and oxygen atoms in total. The van der Waals surface area contributed by atoms with Gasteiger partial charge >= 0.3 is 0 Å². The van der Waals surface area contributed by atoms with Crippen LogP contribution in [0.5, 0.6) is 5.75 Å². The van der Waals surface area contributed by atoms with E-state index in [4.69, 9.17) is 4.74 Å². The molecule has 0 aliphatic carbocycles. The van der Waals surface area contributed by atoms with Crippen LogP contribution in [0.2, 0.25) is 0 Å². The van der Waals surface area contributed by atoms with Gasteiger partial charge in [0, 0.05) is 6.54 Å². The smallest absolute Gasteiger partial charge is 0.260 e. The number of rotatable bonds is 5. The van der Waals surface area contributed by atoms with Gasteiger partial charge in [-0.25, -0.2) is 0 Å². The fourth-order valence-corrected chi connectivity index (χ4v) is 2.55. The highest BCUT2D eigenvalue weighted by Gasteiger charge is 2.28. The van der Waals surface area contributed by atoms with E-state index in [1.165, 1.54) is 5.56 Å². The summed E-state index contributed by atoms with van der Waals surface area (Å²) < 4.78 is 5.59. The number of carbonyl (C=O) groups excluding carboxylic acids is 1. The van der Waals surface area contributed by atoms with E-state index in [1.54, 1.807) is 4.90 Å². The normalized spacial score (nSPS) is 18.6. The number of hydrogen-bond donors (Lipinski definition) is 1. The Balaban J connectivity index is 1.91. The van der Waals surface area contributed by atoms with Gasteiger partial charge in [-0.2, -0.15) is 0 Å². The van der Waals surface area contributed by atoms with Crippen molar-refractivity contribution in [3.63, 3.8) is 0 Å². The van der Waals surface area contributed by atoms with Crippen LogP contribution in [-0.2, 0) is 4.79 Å². The summed E-state index contributed by atoms with van der Waals surface area (Å²) in [5.74, 6) is 1.12. The fraction of sp³-hybridized carbons (Fsp3) is 0.562. The zero-order valence-electron chi connectivity index (χ0n) is 12.2. The number of likely N-dealkylation sites (tertiary alicyclic amines) is 1. The van der Waals surface area contributed by atoms with E-state index in [1.807, 2.05) is 18.2 Å². The van der Waals surface area contributed by atoms with E-state index in [2.05, 4.69) is 19.9 Å². The fourth-order valence-electron chi connectivity index (χ4n) is 2.55. The van der Waals surface area contributed by atoms with Gasteiger partial charge in [-0.15, -0.1) is 0 Å². The standard InChI is InChI=1S/C16H23NO3/c1-12(2)13-5-3-7-15(9-13)20-11-16(19)17-8-4-6-14(17)10-18/h3,5,7,9,12,14,18H,4,6,8,10-11H2,1-2H3/t14-/m1/s1. The summed E-state index contributed by atoms with van der Waals surface area (Å²) in [6.07, 6.45) is 1.84. The van der Waals surface area contributed by atoms with E-state index in [0.29, 0.717) is 5.92 Å². The molecule has 2 rings (SSSR count). The largest absolute Gasteiger partial charge is 0.484 e. The molecule has 20 heavy (non-hydrogen) atoms. The Kier molecular flexibility index (Phi) is 5.01. The maximum Gasteiger partial charge on any atom is 0.260 e. The molecule has 0 bridgehead atoms. The molecule has 1 aromatic rings. The van der Waals surface area contributed by atoms with Crippen LogP contribution in [0, 0.1) is 0 Å². The van der Waals surface area contributed by atoms with E-state index < -0.39 is 0 Å². The van der Waals surface area contributed by atoms with E-state index in [9.17, 15) is 9.90 Å². The van der Waals surface area contributed by atoms with Crippen molar-refractivity contribution in [2.45, 2.75) is 38.6 Å². The van der Waals surface area contributed by atoms with Gasteiger partial charge in [-0.1, -0.05) is 26.0 Å². The molecule has 0 spiro atoms. The van der Waals surface area contributed by atoms with Crippen molar-refractivity contribution in [2.75, 3.05) is 19.8 Å². The second kappa shape index (κ2) is 6.75. The topological polar surface area (TPSA) is 49.8 Å². The highest BCUT2D eigenvalue weighted by Crippen LogP contribution is 2.21. The Bertz CT molecular complexity index is 459. The maximum absolute atomic E-state index is 12.1. The minimum atomic E-state index is -0.0449. The van der Waals surface area contributed by atoms with Crippen molar-refractivity contribution < 1.29 is 14.6 Å². The molecule has 1 aromatic carbocycles. The van der Waals surface area contributed by atoms with Gasteiger partial charge in [0.1, 0.15) is 5.75 Å². The lowest BCUT2D eigenvalue weighted by Crippen LogP contribution is -2.40. The molecule has 1 amide bonds. The molecule has 1 aliphatic heterocycles. The molecular weight excluding hydrogens is 254 g/mol. The Morgan fingerprint density at radius 2 is 2.30 bits per heavy atom. The van der Waals surface area contributed by atoms with Crippen molar-refractivity contribution in [2.24, 2.45) is 0 Å². The van der Waals surface area contributed by atoms with Crippen LogP contribution >= 0.6 is 0 Å². The molecule has 0 radical (unpaired) electrons. The van der Waals surface area contributed by atoms with Crippen LogP contribution in [0.15, 0.2) is 24.3 Å². The molecular formula is C16H23NO3. The van der Waals surface area contributed by atoms with Crippen LogP contribution < -0.4 is 4.74 Å². The van der Waals surface area contributed by atoms with Crippen LogP contribution in [0.25, 0.3) is 0 Å². The number of hydrogen-bond acceptors (Lipinski definition) is 3. The lowest BCUT2D eigenvalue weighted by atomic mass is 10.0. The van der Waals surface area contributed by atoms with Gasteiger partial charge in [0.25, 0.3) is 5.91 Å². The number of aliphatic hydroxyl groups is 1. The van der Waals surface area contributed by atoms with Gasteiger partial charge in [0.2, 0.25) is 0 Å². The monoisotopic (exact) mass is 277 g/mol. The van der Waals surface area contributed by atoms with E-state index in [-0.39, 0.29) is 25.2 Å². The molecule has 0 aromatic heterocycles. The average molecular weight is 277 g/mol. The number of ether oxygens (including phenoxy) is 1. The first-order valence-electron chi connectivity index (χ1n) is 7.25. The quantitative estimate of drug-likeness (QED) is 0.897. The second-order valence-electron chi connectivity index (χ2n) is 5.58. The molecule has 110 valence electrons. The number of carbonyl (C=O) groups is 1. The number of nitrogens with zero attached hydrogens (tertiary/aromatic N) is 1. The molecule has 1 atom stereocenters. The summed E-state index contributed by atoms with van der Waals surface area (Å²) in [5.41, 5.74) is 1.20. The van der Waals surface area contributed by atoms with E-state index in [0.717, 1.165) is 25.1 Å². The molecule has 1 aliphatic rings. The maximum atomic E-state index is 12.1. The molecule has 1 N–H and O–H groups in total. The number of aliphatic hydroxyl groups excluding tert-OH is 1. The van der Waals surface area contributed by atoms with Crippen LogP contribution in [-0.4, -0.2) is 41.7 Å². The van der Waals surface area contributed by atoms with Gasteiger partial charge in [-0.05, 0) is 36.5 Å². The van der Waals surface area contributed by atoms with Crippen molar-refractivity contribution in [3.05, 3.63) is 29.8 Å². The first-order valence-corrected chi connectivity index (χ1v) is 7.25. The first kappa shape index (κ1) is 14.9. The Hall–Kier alpha value is -1.55. The number of benzene rings is 1. The second-order valence-corrected chi connectivity index (χ2v) is 5.58. The van der Waals surface area contributed by atoms with Gasteiger partial charge in [-0.3, -0.25) is 4.79 Å². The predicted octanol–water partition coefficient (Wildman–Crippen LogP) is 2.17. The summed E-state index contributed by atoms with van der Waals surface area (Å²) in [7, 11) is 0. The minimum Gasteiger partial charge on any atom is -0.484 e. The highest BCUT2D eigenvalue weighted by molar-refractivity contribution is 5.78. The zero-order chi connectivity index (χ0) is 14.5. The van der Waals surface area contributed by atoms with Crippen LogP contribution in [0.3, 0.4) is 0 Å². The summed E-state index contributed by atoms with van der Waals surface area (Å²) in [6.45, 7) is 5.05. The first-order chi connectivity index (χ1) is 9.61. The SMILES string of the molecule is CC(C)c1cccc(OCC(=O)N2CCC[C@@H]2CO)c1. The highest BCUT2D eigenvalue weighted by atomic mass is 16.5. The zero-order valence-corrected chi connectivity index (χ0v) is 12.2. The lowest BCUT2D eigenvalue weighted by Gasteiger charge is -2.23. The Labute approximate surface area is 120 Å². The summed E-state index contributed by atoms with van der Waals surface area (Å²) in [6, 6.07) is 7.81. The Morgan fingerprint density at radius 3 is 3.00 bits per heavy atom. The third-order valence-electron chi connectivity index (χ3n) is 3.80. The van der Waals surface area contributed by atoms with Gasteiger partial charge < -0.3 is 14.7 Å². The predicted molar refractivity (Wildman–Crippen MR) is 77.8 cm³/mol. The van der Waals surface area contributed by atoms with Crippen molar-refractivity contribution in [1.82, 2.24) is 4.90 Å². The van der Waals surface area contributed by atoms with Crippen molar-refractivity contribution in [3.8, 4) is 5.75 Å². The van der Waals surface area contributed by atoms with Crippen LogP contribution in [0.1, 0.15) is 38.2 Å². The summed E-state index contributed by atoms with van der Waals surface area (Å²) in [5, 5.41) is 9.23. The molecule has 1 fully saturated rings. The lowest BCUT2D eigenvalue weighted by molar-refractivity contribution is -0.134. The third kappa shape index (κ3) is 3.51. The van der Waals surface area contributed by atoms with Gasteiger partial charge in [0.05, 0.1) is 12.6 Å². The van der Waals surface area contributed by atoms with Crippen LogP contribution in [0.4, 0.5) is 0 Å². The molecule has 4 heteroatoms. The van der Waals surface area contributed by atoms with Gasteiger partial charge in [0.15, 0.2) is 6.61 Å². The molecule has 0 saturated carbocycles. The number of amides is 1. The van der Waals surface area contributed by atoms with E-state index >= 15 is 0 Å². The third-order valence-corrected chi connectivity index (χ3v) is 3.80. The average Bonchev–Trinajstić information content (AvgIpc) is 2.93.